The van der Waals surface area contributed by atoms with Gasteiger partial charge in [0.2, 0.25) is 0 Å². The molecule has 2 rings (SSSR count). The van der Waals surface area contributed by atoms with Crippen LogP contribution in [-0.2, 0) is 0 Å². The van der Waals surface area contributed by atoms with Crippen LogP contribution in [-0.4, -0.2) is 16.5 Å². The predicted octanol–water partition coefficient (Wildman–Crippen LogP) is 4.50. The van der Waals surface area contributed by atoms with Crippen LogP contribution in [0.1, 0.15) is 5.56 Å². The van der Waals surface area contributed by atoms with Gasteiger partial charge in [-0.05, 0) is 36.4 Å². The zero-order valence-corrected chi connectivity index (χ0v) is 12.0. The molecule has 0 aliphatic carbocycles. The first-order valence-corrected chi connectivity index (χ1v) is 5.93. The molecule has 0 aliphatic rings. The van der Waals surface area contributed by atoms with Crippen LogP contribution in [0.2, 0.25) is 5.02 Å². The number of hydrogen-bond donors (Lipinski definition) is 0. The lowest BCUT2D eigenvalue weighted by atomic mass is 10.3. The molecule has 0 bridgehead atoms. The standard InChI is InChI=1S/C13H9Cl2N3.ClH/c14-11-3-5-12(6-4-11)17-9-18-13(15)10-2-1-7-16-8-10;/h1-9H;1H. The Morgan fingerprint density at radius 2 is 1.89 bits per heavy atom. The van der Waals surface area contributed by atoms with Gasteiger partial charge in [-0.15, -0.1) is 12.4 Å². The lowest BCUT2D eigenvalue weighted by molar-refractivity contribution is 1.32. The Morgan fingerprint density at radius 1 is 1.16 bits per heavy atom. The minimum absolute atomic E-state index is 0. The average molecular weight is 315 g/mol. The van der Waals surface area contributed by atoms with Gasteiger partial charge >= 0.3 is 0 Å². The molecule has 0 saturated heterocycles. The zero-order chi connectivity index (χ0) is 12.8. The number of halogens is 3. The predicted molar refractivity (Wildman–Crippen MR) is 83.5 cm³/mol. The molecule has 3 nitrogen and oxygen atoms in total. The van der Waals surface area contributed by atoms with Gasteiger partial charge in [-0.2, -0.15) is 0 Å². The maximum atomic E-state index is 6.00. The van der Waals surface area contributed by atoms with E-state index in [0.717, 1.165) is 11.3 Å². The van der Waals surface area contributed by atoms with Crippen molar-refractivity contribution in [3.05, 3.63) is 59.4 Å². The fraction of sp³-hybridized carbons (Fsp3) is 0. The number of aromatic nitrogens is 1. The highest BCUT2D eigenvalue weighted by Gasteiger charge is 1.96. The Bertz CT molecular complexity index is 565. The number of nitrogens with zero attached hydrogens (tertiary/aromatic N) is 3. The van der Waals surface area contributed by atoms with Gasteiger partial charge in [0.15, 0.2) is 0 Å². The second kappa shape index (κ2) is 7.89. The van der Waals surface area contributed by atoms with Crippen LogP contribution in [0.25, 0.3) is 0 Å². The van der Waals surface area contributed by atoms with Crippen LogP contribution < -0.4 is 0 Å². The average Bonchev–Trinajstić information content (AvgIpc) is 2.42. The van der Waals surface area contributed by atoms with Crippen LogP contribution in [0.5, 0.6) is 0 Å². The van der Waals surface area contributed by atoms with E-state index in [1.165, 1.54) is 6.34 Å². The molecule has 0 amide bonds. The molecule has 0 fully saturated rings. The molecule has 1 aromatic carbocycles. The van der Waals surface area contributed by atoms with Gasteiger partial charge in [-0.1, -0.05) is 23.2 Å². The van der Waals surface area contributed by atoms with E-state index in [2.05, 4.69) is 15.0 Å². The first kappa shape index (κ1) is 15.6. The monoisotopic (exact) mass is 313 g/mol. The molecule has 2 aromatic rings. The maximum absolute atomic E-state index is 6.00. The number of rotatable bonds is 3. The molecule has 0 N–H and O–H groups in total. The van der Waals surface area contributed by atoms with Gasteiger partial charge in [-0.3, -0.25) is 4.98 Å². The van der Waals surface area contributed by atoms with Gasteiger partial charge < -0.3 is 0 Å². The fourth-order valence-electron chi connectivity index (χ4n) is 1.23. The molecule has 0 saturated carbocycles. The molecule has 0 aliphatic heterocycles. The van der Waals surface area contributed by atoms with Crippen LogP contribution in [0, 0.1) is 0 Å². The first-order chi connectivity index (χ1) is 8.75. The summed E-state index contributed by atoms with van der Waals surface area (Å²) < 4.78 is 0. The van der Waals surface area contributed by atoms with E-state index in [0.29, 0.717) is 10.2 Å². The highest BCUT2D eigenvalue weighted by molar-refractivity contribution is 6.70. The number of aliphatic imine (C=N–C) groups is 2. The lowest BCUT2D eigenvalue weighted by Crippen LogP contribution is -1.91. The van der Waals surface area contributed by atoms with Crippen LogP contribution in [0.4, 0.5) is 5.69 Å². The maximum Gasteiger partial charge on any atom is 0.139 e. The summed E-state index contributed by atoms with van der Waals surface area (Å²) in [6.45, 7) is 0. The topological polar surface area (TPSA) is 37.6 Å². The number of benzene rings is 1. The molecular formula is C13H10Cl3N3. The zero-order valence-electron chi connectivity index (χ0n) is 9.70. The highest BCUT2D eigenvalue weighted by Crippen LogP contribution is 2.15. The van der Waals surface area contributed by atoms with E-state index in [4.69, 9.17) is 23.2 Å². The van der Waals surface area contributed by atoms with Gasteiger partial charge in [0, 0.05) is 23.0 Å². The van der Waals surface area contributed by atoms with E-state index in [-0.39, 0.29) is 12.4 Å². The van der Waals surface area contributed by atoms with Crippen molar-refractivity contribution in [1.29, 1.82) is 0 Å². The Kier molecular flexibility index (Phi) is 6.50. The van der Waals surface area contributed by atoms with Crippen molar-refractivity contribution in [2.45, 2.75) is 0 Å². The third-order valence-electron chi connectivity index (χ3n) is 2.10. The summed E-state index contributed by atoms with van der Waals surface area (Å²) in [6, 6.07) is 10.7. The van der Waals surface area contributed by atoms with Crippen LogP contribution in [0.15, 0.2) is 58.8 Å². The Morgan fingerprint density at radius 3 is 2.53 bits per heavy atom. The quantitative estimate of drug-likeness (QED) is 0.607. The van der Waals surface area contributed by atoms with E-state index in [1.807, 2.05) is 6.07 Å². The number of hydrogen-bond acceptors (Lipinski definition) is 2. The second-order valence-corrected chi connectivity index (χ2v) is 4.18. The summed E-state index contributed by atoms with van der Waals surface area (Å²) in [4.78, 5) is 12.1. The smallest absolute Gasteiger partial charge is 0.139 e. The first-order valence-electron chi connectivity index (χ1n) is 5.17. The summed E-state index contributed by atoms with van der Waals surface area (Å²) in [5, 5.41) is 1.02. The SMILES string of the molecule is Cl.ClC(=NC=Nc1ccc(Cl)cc1)c1cccnc1. The Labute approximate surface area is 127 Å². The molecule has 0 spiro atoms. The molecule has 98 valence electrons. The van der Waals surface area contributed by atoms with E-state index in [1.54, 1.807) is 42.7 Å². The van der Waals surface area contributed by atoms with E-state index < -0.39 is 0 Å². The second-order valence-electron chi connectivity index (χ2n) is 3.38. The van der Waals surface area contributed by atoms with Crippen molar-refractivity contribution >= 4 is 52.8 Å². The fourth-order valence-corrected chi connectivity index (χ4v) is 1.51. The Hall–Kier alpha value is -1.42. The third-order valence-corrected chi connectivity index (χ3v) is 2.67. The van der Waals surface area contributed by atoms with Crippen molar-refractivity contribution in [3.8, 4) is 0 Å². The summed E-state index contributed by atoms with van der Waals surface area (Å²) in [6.07, 6.45) is 4.72. The highest BCUT2D eigenvalue weighted by atomic mass is 35.5. The minimum Gasteiger partial charge on any atom is -0.264 e. The molecule has 0 radical (unpaired) electrons. The van der Waals surface area contributed by atoms with E-state index in [9.17, 15) is 0 Å². The summed E-state index contributed by atoms with van der Waals surface area (Å²) in [5.74, 6) is 0. The molecule has 6 heteroatoms. The van der Waals surface area contributed by atoms with E-state index >= 15 is 0 Å². The largest absolute Gasteiger partial charge is 0.264 e. The Balaban J connectivity index is 0.00000180. The number of pyridine rings is 1. The molecule has 0 unspecified atom stereocenters. The minimum atomic E-state index is 0. The third kappa shape index (κ3) is 4.99. The summed E-state index contributed by atoms with van der Waals surface area (Å²) in [7, 11) is 0. The van der Waals surface area contributed by atoms with Gasteiger partial charge in [0.05, 0.1) is 5.69 Å². The molecule has 0 atom stereocenters. The van der Waals surface area contributed by atoms with Crippen molar-refractivity contribution < 1.29 is 0 Å². The lowest BCUT2D eigenvalue weighted by Gasteiger charge is -1.94. The molecule has 1 heterocycles. The van der Waals surface area contributed by atoms with Crippen LogP contribution in [0.3, 0.4) is 0 Å². The van der Waals surface area contributed by atoms with Crippen molar-refractivity contribution in [3.63, 3.8) is 0 Å². The molecule has 1 aromatic heterocycles. The van der Waals surface area contributed by atoms with Crippen molar-refractivity contribution in [2.75, 3.05) is 0 Å². The van der Waals surface area contributed by atoms with Gasteiger partial charge in [-0.25, -0.2) is 9.98 Å². The molecule has 19 heavy (non-hydrogen) atoms. The summed E-state index contributed by atoms with van der Waals surface area (Å²) >= 11 is 11.8. The normalized spacial score (nSPS) is 11.4. The van der Waals surface area contributed by atoms with Gasteiger partial charge in [0.1, 0.15) is 11.5 Å². The van der Waals surface area contributed by atoms with Crippen molar-refractivity contribution in [2.24, 2.45) is 9.98 Å². The summed E-state index contributed by atoms with van der Waals surface area (Å²) in [5.41, 5.74) is 1.51. The van der Waals surface area contributed by atoms with Crippen LogP contribution >= 0.6 is 35.6 Å². The van der Waals surface area contributed by atoms with Crippen molar-refractivity contribution in [1.82, 2.24) is 4.98 Å². The van der Waals surface area contributed by atoms with Gasteiger partial charge in [0.25, 0.3) is 0 Å². The molecular weight excluding hydrogens is 305 g/mol.